The lowest BCUT2D eigenvalue weighted by Gasteiger charge is -2.18. The van der Waals surface area contributed by atoms with Crippen molar-refractivity contribution in [3.05, 3.63) is 54.4 Å². The zero-order valence-electron chi connectivity index (χ0n) is 15.0. The first-order chi connectivity index (χ1) is 12.2. The van der Waals surface area contributed by atoms with Gasteiger partial charge in [0.1, 0.15) is 6.33 Å². The van der Waals surface area contributed by atoms with E-state index in [2.05, 4.69) is 63.8 Å². The first-order valence-corrected chi connectivity index (χ1v) is 9.09. The number of rotatable bonds is 5. The molecule has 1 aliphatic rings. The van der Waals surface area contributed by atoms with Gasteiger partial charge in [0, 0.05) is 31.6 Å². The average molecular weight is 335 g/mol. The molecule has 0 N–H and O–H groups in total. The normalized spacial score (nSPS) is 15.8. The molecule has 25 heavy (non-hydrogen) atoms. The maximum Gasteiger partial charge on any atom is 0.100 e. The zero-order chi connectivity index (χ0) is 17.2. The molecule has 0 saturated carbocycles. The van der Waals surface area contributed by atoms with Crippen molar-refractivity contribution in [3.8, 4) is 5.69 Å². The number of imidazole rings is 1. The third-order valence-electron chi connectivity index (χ3n) is 5.12. The number of hydrogen-bond donors (Lipinski definition) is 0. The zero-order valence-corrected chi connectivity index (χ0v) is 15.0. The molecule has 0 radical (unpaired) electrons. The molecule has 0 aliphatic carbocycles. The van der Waals surface area contributed by atoms with Gasteiger partial charge in [-0.25, -0.2) is 4.98 Å². The molecule has 0 bridgehead atoms. The summed E-state index contributed by atoms with van der Waals surface area (Å²) in [7, 11) is 1.76. The molecule has 2 aromatic carbocycles. The van der Waals surface area contributed by atoms with E-state index in [1.165, 1.54) is 29.8 Å². The molecule has 4 heteroatoms. The Morgan fingerprint density at radius 2 is 1.88 bits per heavy atom. The Balaban J connectivity index is 1.66. The van der Waals surface area contributed by atoms with Gasteiger partial charge in [0.25, 0.3) is 0 Å². The Kier molecular flexibility index (Phi) is 4.45. The fourth-order valence-electron chi connectivity index (χ4n) is 3.62. The Bertz CT molecular complexity index is 864. The highest BCUT2D eigenvalue weighted by molar-refractivity contribution is 5.78. The second kappa shape index (κ2) is 6.89. The van der Waals surface area contributed by atoms with Gasteiger partial charge in [-0.15, -0.1) is 0 Å². The van der Waals surface area contributed by atoms with Gasteiger partial charge in [-0.3, -0.25) is 4.57 Å². The van der Waals surface area contributed by atoms with Gasteiger partial charge in [0.15, 0.2) is 0 Å². The molecule has 0 amide bonds. The summed E-state index contributed by atoms with van der Waals surface area (Å²) in [6, 6.07) is 15.3. The van der Waals surface area contributed by atoms with Crippen molar-refractivity contribution >= 4 is 16.7 Å². The summed E-state index contributed by atoms with van der Waals surface area (Å²) in [5.74, 6) is 0. The molecule has 1 saturated heterocycles. The van der Waals surface area contributed by atoms with Gasteiger partial charge in [-0.05, 0) is 62.1 Å². The van der Waals surface area contributed by atoms with E-state index in [0.29, 0.717) is 0 Å². The van der Waals surface area contributed by atoms with E-state index >= 15 is 0 Å². The third-order valence-corrected chi connectivity index (χ3v) is 5.12. The van der Waals surface area contributed by atoms with Crippen molar-refractivity contribution in [1.82, 2.24) is 9.55 Å². The minimum atomic E-state index is 0.219. The van der Waals surface area contributed by atoms with E-state index in [4.69, 9.17) is 4.74 Å². The van der Waals surface area contributed by atoms with Crippen LogP contribution in [0.5, 0.6) is 0 Å². The minimum absolute atomic E-state index is 0.219. The van der Waals surface area contributed by atoms with Crippen LogP contribution in [0.25, 0.3) is 16.7 Å². The summed E-state index contributed by atoms with van der Waals surface area (Å²) in [6.45, 7) is 4.41. The van der Waals surface area contributed by atoms with Gasteiger partial charge in [0.2, 0.25) is 0 Å². The van der Waals surface area contributed by atoms with Crippen LogP contribution in [-0.4, -0.2) is 35.9 Å². The lowest BCUT2D eigenvalue weighted by atomic mass is 10.1. The Morgan fingerprint density at radius 3 is 2.68 bits per heavy atom. The van der Waals surface area contributed by atoms with Crippen LogP contribution >= 0.6 is 0 Å². The highest BCUT2D eigenvalue weighted by Crippen LogP contribution is 2.25. The van der Waals surface area contributed by atoms with Crippen LogP contribution in [0.2, 0.25) is 0 Å². The predicted molar refractivity (Wildman–Crippen MR) is 103 cm³/mol. The quantitative estimate of drug-likeness (QED) is 0.700. The molecule has 4 rings (SSSR count). The highest BCUT2D eigenvalue weighted by atomic mass is 16.5. The molecular formula is C21H25N3O. The molecule has 3 aromatic rings. The van der Waals surface area contributed by atoms with Crippen LogP contribution in [0.3, 0.4) is 0 Å². The third kappa shape index (κ3) is 3.27. The van der Waals surface area contributed by atoms with Gasteiger partial charge < -0.3 is 9.64 Å². The van der Waals surface area contributed by atoms with Crippen LogP contribution in [-0.2, 0) is 11.2 Å². The summed E-state index contributed by atoms with van der Waals surface area (Å²) in [5.41, 5.74) is 5.92. The minimum Gasteiger partial charge on any atom is -0.381 e. The summed E-state index contributed by atoms with van der Waals surface area (Å²) >= 11 is 0. The lowest BCUT2D eigenvalue weighted by Crippen LogP contribution is -2.17. The fraction of sp³-hybridized carbons (Fsp3) is 0.381. The van der Waals surface area contributed by atoms with Gasteiger partial charge in [0.05, 0.1) is 17.1 Å². The van der Waals surface area contributed by atoms with Crippen molar-refractivity contribution in [2.75, 3.05) is 25.1 Å². The number of hydrogen-bond acceptors (Lipinski definition) is 3. The van der Waals surface area contributed by atoms with Crippen LogP contribution in [0, 0.1) is 0 Å². The standard InChI is InChI=1S/C21H25N3O/c1-16(25-2)12-17-8-9-21-20(13-17)22-15-24(21)19-7-5-6-18(14-19)23-10-3-4-11-23/h5-9,13-16H,3-4,10-12H2,1-2H3. The van der Waals surface area contributed by atoms with Crippen molar-refractivity contribution in [2.45, 2.75) is 32.3 Å². The van der Waals surface area contributed by atoms with Crippen LogP contribution in [0.4, 0.5) is 5.69 Å². The largest absolute Gasteiger partial charge is 0.381 e. The van der Waals surface area contributed by atoms with E-state index in [1.54, 1.807) is 7.11 Å². The van der Waals surface area contributed by atoms with Crippen LogP contribution < -0.4 is 4.90 Å². The van der Waals surface area contributed by atoms with Crippen LogP contribution in [0.15, 0.2) is 48.8 Å². The predicted octanol–water partition coefficient (Wildman–Crippen LogP) is 4.20. The van der Waals surface area contributed by atoms with Crippen molar-refractivity contribution < 1.29 is 4.74 Å². The van der Waals surface area contributed by atoms with Gasteiger partial charge in [-0.1, -0.05) is 12.1 Å². The number of anilines is 1. The Hall–Kier alpha value is -2.33. The average Bonchev–Trinajstić information content (AvgIpc) is 3.31. The van der Waals surface area contributed by atoms with E-state index in [0.717, 1.165) is 30.5 Å². The first kappa shape index (κ1) is 16.2. The number of aromatic nitrogens is 2. The summed E-state index contributed by atoms with van der Waals surface area (Å²) in [5, 5.41) is 0. The van der Waals surface area contributed by atoms with Gasteiger partial charge in [-0.2, -0.15) is 0 Å². The maximum atomic E-state index is 5.37. The number of fused-ring (bicyclic) bond motifs is 1. The Labute approximate surface area is 149 Å². The van der Waals surface area contributed by atoms with E-state index < -0.39 is 0 Å². The summed E-state index contributed by atoms with van der Waals surface area (Å²) in [6.07, 6.45) is 5.64. The fourth-order valence-corrected chi connectivity index (χ4v) is 3.62. The molecular weight excluding hydrogens is 310 g/mol. The molecule has 1 aliphatic heterocycles. The maximum absolute atomic E-state index is 5.37. The molecule has 1 atom stereocenters. The van der Waals surface area contributed by atoms with Crippen molar-refractivity contribution in [1.29, 1.82) is 0 Å². The van der Waals surface area contributed by atoms with Crippen LogP contribution in [0.1, 0.15) is 25.3 Å². The van der Waals surface area contributed by atoms with E-state index in [1.807, 2.05) is 6.33 Å². The molecule has 4 nitrogen and oxygen atoms in total. The second-order valence-electron chi connectivity index (χ2n) is 6.90. The first-order valence-electron chi connectivity index (χ1n) is 9.09. The molecule has 0 spiro atoms. The monoisotopic (exact) mass is 335 g/mol. The second-order valence-corrected chi connectivity index (χ2v) is 6.90. The smallest absolute Gasteiger partial charge is 0.100 e. The molecule has 1 unspecified atom stereocenters. The number of methoxy groups -OCH3 is 1. The number of benzene rings is 2. The summed E-state index contributed by atoms with van der Waals surface area (Å²) < 4.78 is 7.55. The van der Waals surface area contributed by atoms with E-state index in [9.17, 15) is 0 Å². The topological polar surface area (TPSA) is 30.3 Å². The molecule has 130 valence electrons. The SMILES string of the molecule is COC(C)Cc1ccc2c(c1)ncn2-c1cccc(N2CCCC2)c1. The highest BCUT2D eigenvalue weighted by Gasteiger charge is 2.13. The molecule has 1 fully saturated rings. The summed E-state index contributed by atoms with van der Waals surface area (Å²) in [4.78, 5) is 7.09. The number of nitrogens with zero attached hydrogens (tertiary/aromatic N) is 3. The molecule has 2 heterocycles. The van der Waals surface area contributed by atoms with Crippen molar-refractivity contribution in [2.24, 2.45) is 0 Å². The lowest BCUT2D eigenvalue weighted by molar-refractivity contribution is 0.119. The Morgan fingerprint density at radius 1 is 1.08 bits per heavy atom. The van der Waals surface area contributed by atoms with Crippen molar-refractivity contribution in [3.63, 3.8) is 0 Å². The van der Waals surface area contributed by atoms with Gasteiger partial charge >= 0.3 is 0 Å². The van der Waals surface area contributed by atoms with E-state index in [-0.39, 0.29) is 6.10 Å². The molecule has 1 aromatic heterocycles. The number of ether oxygens (including phenoxy) is 1.